The maximum absolute atomic E-state index is 14.0. The number of likely N-dealkylation sites (tertiary alicyclic amines) is 1. The first-order valence-corrected chi connectivity index (χ1v) is 14.6. The molecule has 0 aromatic heterocycles. The number of benzene rings is 2. The summed E-state index contributed by atoms with van der Waals surface area (Å²) in [5.74, 6) is 1.09. The second-order valence-corrected chi connectivity index (χ2v) is 12.7. The number of aliphatic hydroxyl groups is 1. The number of carbonyl (C=O) groups is 1. The minimum Gasteiger partial charge on any atom is -0.504 e. The molecule has 208 valence electrons. The SMILES string of the molecule is C=CCN1CC[C@]23c4c5ccc(O)c4OC2C(N(CC(C)C)C(=O)CCc2cccc(C)c2)CC[C@@]3(O)[C@H]1C5. The van der Waals surface area contributed by atoms with Gasteiger partial charge in [-0.2, -0.15) is 0 Å². The number of amides is 1. The predicted molar refractivity (Wildman–Crippen MR) is 152 cm³/mol. The lowest BCUT2D eigenvalue weighted by atomic mass is 9.48. The van der Waals surface area contributed by atoms with Gasteiger partial charge < -0.3 is 19.8 Å². The summed E-state index contributed by atoms with van der Waals surface area (Å²) in [5, 5.41) is 23.6. The fourth-order valence-corrected chi connectivity index (χ4v) is 8.39. The number of rotatable bonds is 8. The predicted octanol–water partition coefficient (Wildman–Crippen LogP) is 4.53. The van der Waals surface area contributed by atoms with Crippen LogP contribution in [0.2, 0.25) is 0 Å². The van der Waals surface area contributed by atoms with E-state index >= 15 is 0 Å². The highest BCUT2D eigenvalue weighted by atomic mass is 16.5. The Kier molecular flexibility index (Phi) is 6.54. The highest BCUT2D eigenvalue weighted by Gasteiger charge is 2.73. The average Bonchev–Trinajstić information content (AvgIpc) is 3.25. The highest BCUT2D eigenvalue weighted by Crippen LogP contribution is 2.65. The number of ether oxygens (including phenoxy) is 1. The molecule has 6 heteroatoms. The minimum atomic E-state index is -0.990. The first-order chi connectivity index (χ1) is 18.7. The number of phenolic OH excluding ortho intramolecular Hbond substituents is 1. The lowest BCUT2D eigenvalue weighted by molar-refractivity contribution is -0.200. The van der Waals surface area contributed by atoms with E-state index in [9.17, 15) is 15.0 Å². The van der Waals surface area contributed by atoms with Crippen molar-refractivity contribution < 1.29 is 19.7 Å². The van der Waals surface area contributed by atoms with Crippen molar-refractivity contribution in [3.8, 4) is 11.5 Å². The molecule has 1 saturated carbocycles. The largest absolute Gasteiger partial charge is 0.504 e. The molecule has 39 heavy (non-hydrogen) atoms. The van der Waals surface area contributed by atoms with Crippen LogP contribution in [-0.2, 0) is 23.1 Å². The first kappa shape index (κ1) is 26.4. The Balaban J connectivity index is 1.38. The molecule has 6 rings (SSSR count). The van der Waals surface area contributed by atoms with E-state index < -0.39 is 17.1 Å². The highest BCUT2D eigenvalue weighted by molar-refractivity contribution is 5.77. The first-order valence-electron chi connectivity index (χ1n) is 14.6. The molecule has 2 aromatic carbocycles. The summed E-state index contributed by atoms with van der Waals surface area (Å²) in [6, 6.07) is 11.9. The molecule has 1 amide bonds. The summed E-state index contributed by atoms with van der Waals surface area (Å²) in [5.41, 5.74) is 2.88. The summed E-state index contributed by atoms with van der Waals surface area (Å²) in [7, 11) is 0. The van der Waals surface area contributed by atoms with Crippen molar-refractivity contribution in [3.63, 3.8) is 0 Å². The minimum absolute atomic E-state index is 0.0464. The molecule has 1 spiro atoms. The number of nitrogens with zero attached hydrogens (tertiary/aromatic N) is 2. The molecule has 1 saturated heterocycles. The Bertz CT molecular complexity index is 1290. The lowest BCUT2D eigenvalue weighted by Crippen LogP contribution is -2.78. The summed E-state index contributed by atoms with van der Waals surface area (Å²) in [6.45, 7) is 12.5. The van der Waals surface area contributed by atoms with Crippen LogP contribution >= 0.6 is 0 Å². The van der Waals surface area contributed by atoms with Gasteiger partial charge in [0.25, 0.3) is 0 Å². The molecule has 5 atom stereocenters. The molecule has 2 heterocycles. The third kappa shape index (κ3) is 3.93. The second-order valence-electron chi connectivity index (χ2n) is 12.7. The van der Waals surface area contributed by atoms with Crippen LogP contribution in [-0.4, -0.2) is 69.3 Å². The molecule has 2 bridgehead atoms. The van der Waals surface area contributed by atoms with Crippen molar-refractivity contribution in [1.82, 2.24) is 9.80 Å². The van der Waals surface area contributed by atoms with Gasteiger partial charge in [-0.3, -0.25) is 9.69 Å². The molecule has 2 fully saturated rings. The van der Waals surface area contributed by atoms with Crippen LogP contribution in [0.5, 0.6) is 11.5 Å². The van der Waals surface area contributed by atoms with Gasteiger partial charge in [0.1, 0.15) is 6.10 Å². The van der Waals surface area contributed by atoms with Crippen molar-refractivity contribution in [3.05, 3.63) is 71.3 Å². The van der Waals surface area contributed by atoms with Crippen LogP contribution in [0, 0.1) is 12.8 Å². The van der Waals surface area contributed by atoms with Crippen LogP contribution in [0.3, 0.4) is 0 Å². The lowest BCUT2D eigenvalue weighted by Gasteiger charge is -2.64. The zero-order valence-electron chi connectivity index (χ0n) is 23.5. The van der Waals surface area contributed by atoms with Gasteiger partial charge in [0.15, 0.2) is 11.5 Å². The van der Waals surface area contributed by atoms with Crippen molar-refractivity contribution >= 4 is 5.91 Å². The van der Waals surface area contributed by atoms with Crippen LogP contribution in [0.1, 0.15) is 61.8 Å². The molecule has 6 nitrogen and oxygen atoms in total. The van der Waals surface area contributed by atoms with E-state index in [0.717, 1.165) is 37.1 Å². The Morgan fingerprint density at radius 1 is 1.28 bits per heavy atom. The molecule has 2 aliphatic heterocycles. The van der Waals surface area contributed by atoms with Gasteiger partial charge in [-0.05, 0) is 68.7 Å². The molecule has 2 aliphatic carbocycles. The maximum Gasteiger partial charge on any atom is 0.223 e. The maximum atomic E-state index is 14.0. The molecular formula is C33H42N2O4. The van der Waals surface area contributed by atoms with Crippen molar-refractivity contribution in [2.75, 3.05) is 19.6 Å². The van der Waals surface area contributed by atoms with Gasteiger partial charge in [0.2, 0.25) is 5.91 Å². The van der Waals surface area contributed by atoms with Gasteiger partial charge in [-0.1, -0.05) is 55.8 Å². The van der Waals surface area contributed by atoms with Crippen LogP contribution in [0.4, 0.5) is 0 Å². The number of phenols is 1. The van der Waals surface area contributed by atoms with Crippen molar-refractivity contribution in [1.29, 1.82) is 0 Å². The molecule has 0 radical (unpaired) electrons. The Labute approximate surface area is 232 Å². The van der Waals surface area contributed by atoms with Gasteiger partial charge in [-0.25, -0.2) is 0 Å². The smallest absolute Gasteiger partial charge is 0.223 e. The monoisotopic (exact) mass is 530 g/mol. The standard InChI is InChI=1S/C33H42N2O4/c1-5-16-34-17-15-32-29-24-10-11-26(36)30(29)39-31(32)25(13-14-33(32,38)27(34)19-24)35(20-21(2)3)28(37)12-9-23-8-6-7-22(4)18-23/h5-8,10-11,18,21,25,27,31,36,38H,1,9,12-17,19-20H2,2-4H3/t25?,27-,31?,32+,33-/m1/s1. The number of aryl methyl sites for hydroxylation is 2. The van der Waals surface area contributed by atoms with E-state index in [2.05, 4.69) is 55.3 Å². The third-order valence-electron chi connectivity index (χ3n) is 9.90. The number of hydrogen-bond acceptors (Lipinski definition) is 5. The number of aromatic hydroxyl groups is 1. The molecule has 2 unspecified atom stereocenters. The molecular weight excluding hydrogens is 488 g/mol. The number of carbonyl (C=O) groups excluding carboxylic acids is 1. The normalized spacial score (nSPS) is 30.5. The van der Waals surface area contributed by atoms with E-state index in [4.69, 9.17) is 4.74 Å². The van der Waals surface area contributed by atoms with Gasteiger partial charge in [-0.15, -0.1) is 6.58 Å². The number of hydrogen-bond donors (Lipinski definition) is 2. The van der Waals surface area contributed by atoms with E-state index in [1.54, 1.807) is 6.07 Å². The summed E-state index contributed by atoms with van der Waals surface area (Å²) in [4.78, 5) is 18.4. The van der Waals surface area contributed by atoms with E-state index in [1.165, 1.54) is 11.1 Å². The van der Waals surface area contributed by atoms with E-state index in [1.807, 2.05) is 18.2 Å². The topological polar surface area (TPSA) is 73.2 Å². The molecule has 4 aliphatic rings. The zero-order valence-corrected chi connectivity index (χ0v) is 23.5. The quantitative estimate of drug-likeness (QED) is 0.491. The molecule has 2 aromatic rings. The van der Waals surface area contributed by atoms with Crippen LogP contribution in [0.25, 0.3) is 0 Å². The summed E-state index contributed by atoms with van der Waals surface area (Å²) < 4.78 is 6.73. The fraction of sp³-hybridized carbons (Fsp3) is 0.545. The van der Waals surface area contributed by atoms with Crippen molar-refractivity contribution in [2.45, 2.75) is 88.5 Å². The second kappa shape index (κ2) is 9.67. The molecule has 2 N–H and O–H groups in total. The average molecular weight is 531 g/mol. The van der Waals surface area contributed by atoms with E-state index in [0.29, 0.717) is 43.9 Å². The zero-order chi connectivity index (χ0) is 27.5. The third-order valence-corrected chi connectivity index (χ3v) is 9.90. The van der Waals surface area contributed by atoms with Gasteiger partial charge >= 0.3 is 0 Å². The van der Waals surface area contributed by atoms with E-state index in [-0.39, 0.29) is 23.7 Å². The van der Waals surface area contributed by atoms with Crippen LogP contribution in [0.15, 0.2) is 49.1 Å². The van der Waals surface area contributed by atoms with Gasteiger partial charge in [0, 0.05) is 31.1 Å². The van der Waals surface area contributed by atoms with Crippen molar-refractivity contribution in [2.24, 2.45) is 5.92 Å². The van der Waals surface area contributed by atoms with Gasteiger partial charge in [0.05, 0.1) is 17.1 Å². The number of piperidine rings is 1. The Hall–Kier alpha value is -2.83. The van der Waals surface area contributed by atoms with Crippen LogP contribution < -0.4 is 4.74 Å². The summed E-state index contributed by atoms with van der Waals surface area (Å²) in [6.07, 6.45) is 5.39. The summed E-state index contributed by atoms with van der Waals surface area (Å²) >= 11 is 0. The Morgan fingerprint density at radius 3 is 2.85 bits per heavy atom. The fourth-order valence-electron chi connectivity index (χ4n) is 8.39. The Morgan fingerprint density at radius 2 is 2.10 bits per heavy atom.